The molecule has 5 nitrogen and oxygen atoms in total. The number of rotatable bonds is 6. The van der Waals surface area contributed by atoms with Gasteiger partial charge in [0.05, 0.1) is 0 Å². The molecule has 4 N–H and O–H groups in total. The molecular formula is C17H19N3O2. The molecule has 0 aliphatic rings. The highest BCUT2D eigenvalue weighted by Crippen LogP contribution is 1.99. The van der Waals surface area contributed by atoms with E-state index in [0.29, 0.717) is 13.1 Å². The standard InChI is InChI=1S/C17H19N3O2/c18-15(16(21)19-11-13-7-3-1-4-8-13)17(22)20-12-14-9-5-2-6-10-14/h1-10,15H,11-12,18H2,(H,19,21)(H,20,22). The molecule has 0 bridgehead atoms. The number of nitrogens with one attached hydrogen (secondary N) is 2. The summed E-state index contributed by atoms with van der Waals surface area (Å²) in [5, 5.41) is 5.31. The molecule has 0 aliphatic carbocycles. The van der Waals surface area contributed by atoms with E-state index in [1.165, 1.54) is 0 Å². The van der Waals surface area contributed by atoms with Crippen LogP contribution in [0.2, 0.25) is 0 Å². The summed E-state index contributed by atoms with van der Waals surface area (Å²) >= 11 is 0. The fourth-order valence-electron chi connectivity index (χ4n) is 1.91. The summed E-state index contributed by atoms with van der Waals surface area (Å²) < 4.78 is 0. The second-order valence-corrected chi connectivity index (χ2v) is 4.88. The first-order valence-electron chi connectivity index (χ1n) is 7.05. The Morgan fingerprint density at radius 2 is 1.14 bits per heavy atom. The van der Waals surface area contributed by atoms with Crippen molar-refractivity contribution in [3.05, 3.63) is 71.8 Å². The van der Waals surface area contributed by atoms with Crippen LogP contribution in [-0.4, -0.2) is 17.9 Å². The van der Waals surface area contributed by atoms with Crippen LogP contribution in [0.4, 0.5) is 0 Å². The van der Waals surface area contributed by atoms with Crippen LogP contribution in [0.25, 0.3) is 0 Å². The van der Waals surface area contributed by atoms with Crippen molar-refractivity contribution < 1.29 is 9.59 Å². The molecule has 0 saturated carbocycles. The Labute approximate surface area is 129 Å². The van der Waals surface area contributed by atoms with Crippen molar-refractivity contribution in [1.82, 2.24) is 10.6 Å². The van der Waals surface area contributed by atoms with Gasteiger partial charge in [-0.25, -0.2) is 0 Å². The monoisotopic (exact) mass is 297 g/mol. The largest absolute Gasteiger partial charge is 0.350 e. The quantitative estimate of drug-likeness (QED) is 0.694. The summed E-state index contributed by atoms with van der Waals surface area (Å²) in [6, 6.07) is 17.7. The van der Waals surface area contributed by atoms with E-state index in [4.69, 9.17) is 5.73 Å². The number of nitrogens with two attached hydrogens (primary N) is 1. The van der Waals surface area contributed by atoms with Crippen LogP contribution < -0.4 is 16.4 Å². The van der Waals surface area contributed by atoms with Crippen LogP contribution in [0.1, 0.15) is 11.1 Å². The second-order valence-electron chi connectivity index (χ2n) is 4.88. The van der Waals surface area contributed by atoms with Gasteiger partial charge in [-0.2, -0.15) is 0 Å². The predicted octanol–water partition coefficient (Wildman–Crippen LogP) is 0.946. The van der Waals surface area contributed by atoms with Crippen molar-refractivity contribution in [2.75, 3.05) is 0 Å². The van der Waals surface area contributed by atoms with Crippen molar-refractivity contribution in [1.29, 1.82) is 0 Å². The molecule has 0 atom stereocenters. The molecule has 0 radical (unpaired) electrons. The maximum Gasteiger partial charge on any atom is 0.246 e. The lowest BCUT2D eigenvalue weighted by Crippen LogP contribution is -2.50. The van der Waals surface area contributed by atoms with Gasteiger partial charge in [-0.05, 0) is 11.1 Å². The Bertz CT molecular complexity index is 559. The number of hydrogen-bond acceptors (Lipinski definition) is 3. The van der Waals surface area contributed by atoms with E-state index >= 15 is 0 Å². The predicted molar refractivity (Wildman–Crippen MR) is 84.6 cm³/mol. The van der Waals surface area contributed by atoms with E-state index < -0.39 is 17.9 Å². The third-order valence-electron chi connectivity index (χ3n) is 3.18. The van der Waals surface area contributed by atoms with Crippen LogP contribution in [0.5, 0.6) is 0 Å². The van der Waals surface area contributed by atoms with Crippen LogP contribution in [0.3, 0.4) is 0 Å². The van der Waals surface area contributed by atoms with Gasteiger partial charge < -0.3 is 16.4 Å². The van der Waals surface area contributed by atoms with E-state index in [9.17, 15) is 9.59 Å². The third-order valence-corrected chi connectivity index (χ3v) is 3.18. The Kier molecular flexibility index (Phi) is 5.68. The first kappa shape index (κ1) is 15.7. The van der Waals surface area contributed by atoms with E-state index in [0.717, 1.165) is 11.1 Å². The highest BCUT2D eigenvalue weighted by molar-refractivity contribution is 6.04. The molecule has 0 heterocycles. The molecule has 0 aromatic heterocycles. The maximum atomic E-state index is 11.9. The normalized spacial score (nSPS) is 10.3. The van der Waals surface area contributed by atoms with Gasteiger partial charge in [-0.3, -0.25) is 9.59 Å². The van der Waals surface area contributed by atoms with Gasteiger partial charge in [0.25, 0.3) is 0 Å². The SMILES string of the molecule is NC(C(=O)NCc1ccccc1)C(=O)NCc1ccccc1. The Hall–Kier alpha value is -2.66. The Morgan fingerprint density at radius 1 is 0.773 bits per heavy atom. The van der Waals surface area contributed by atoms with E-state index in [2.05, 4.69) is 10.6 Å². The number of carbonyl (C=O) groups is 2. The molecule has 2 aromatic carbocycles. The number of benzene rings is 2. The average molecular weight is 297 g/mol. The fraction of sp³-hybridized carbons (Fsp3) is 0.176. The van der Waals surface area contributed by atoms with Crippen molar-refractivity contribution in [3.8, 4) is 0 Å². The van der Waals surface area contributed by atoms with Crippen molar-refractivity contribution >= 4 is 11.8 Å². The highest BCUT2D eigenvalue weighted by atomic mass is 16.2. The van der Waals surface area contributed by atoms with Gasteiger partial charge >= 0.3 is 0 Å². The van der Waals surface area contributed by atoms with E-state index in [-0.39, 0.29) is 0 Å². The lowest BCUT2D eigenvalue weighted by molar-refractivity contribution is -0.131. The molecule has 0 unspecified atom stereocenters. The zero-order chi connectivity index (χ0) is 15.8. The summed E-state index contributed by atoms with van der Waals surface area (Å²) in [5.74, 6) is -0.983. The van der Waals surface area contributed by atoms with Crippen molar-refractivity contribution in [2.45, 2.75) is 19.1 Å². The van der Waals surface area contributed by atoms with Crippen LogP contribution in [-0.2, 0) is 22.7 Å². The van der Waals surface area contributed by atoms with Gasteiger partial charge in [-0.1, -0.05) is 60.7 Å². The molecule has 114 valence electrons. The second kappa shape index (κ2) is 7.95. The molecule has 0 aliphatic heterocycles. The number of hydrogen-bond donors (Lipinski definition) is 3. The Balaban J connectivity index is 1.78. The number of amides is 2. The summed E-state index contributed by atoms with van der Waals surface area (Å²) in [7, 11) is 0. The van der Waals surface area contributed by atoms with Crippen molar-refractivity contribution in [2.24, 2.45) is 5.73 Å². The zero-order valence-electron chi connectivity index (χ0n) is 12.2. The molecule has 2 rings (SSSR count). The minimum atomic E-state index is -1.22. The highest BCUT2D eigenvalue weighted by Gasteiger charge is 2.21. The fourth-order valence-corrected chi connectivity index (χ4v) is 1.91. The van der Waals surface area contributed by atoms with Gasteiger partial charge in [0.2, 0.25) is 11.8 Å². The minimum Gasteiger partial charge on any atom is -0.350 e. The van der Waals surface area contributed by atoms with Crippen LogP contribution in [0.15, 0.2) is 60.7 Å². The molecule has 0 fully saturated rings. The average Bonchev–Trinajstić information content (AvgIpc) is 2.58. The summed E-state index contributed by atoms with van der Waals surface area (Å²) in [6.45, 7) is 0.693. The van der Waals surface area contributed by atoms with Crippen molar-refractivity contribution in [3.63, 3.8) is 0 Å². The van der Waals surface area contributed by atoms with Crippen LogP contribution >= 0.6 is 0 Å². The minimum absolute atomic E-state index is 0.347. The first-order valence-corrected chi connectivity index (χ1v) is 7.05. The maximum absolute atomic E-state index is 11.9. The van der Waals surface area contributed by atoms with E-state index in [1.807, 2.05) is 60.7 Å². The summed E-state index contributed by atoms with van der Waals surface area (Å²) in [6.07, 6.45) is 0. The van der Waals surface area contributed by atoms with Crippen LogP contribution in [0, 0.1) is 0 Å². The molecule has 22 heavy (non-hydrogen) atoms. The topological polar surface area (TPSA) is 84.2 Å². The summed E-state index contributed by atoms with van der Waals surface area (Å²) in [5.41, 5.74) is 7.57. The van der Waals surface area contributed by atoms with Gasteiger partial charge in [0.15, 0.2) is 6.04 Å². The van der Waals surface area contributed by atoms with Gasteiger partial charge in [0, 0.05) is 13.1 Å². The number of carbonyl (C=O) groups excluding carboxylic acids is 2. The lowest BCUT2D eigenvalue weighted by Gasteiger charge is -2.12. The third kappa shape index (κ3) is 4.71. The molecule has 2 amide bonds. The Morgan fingerprint density at radius 3 is 1.50 bits per heavy atom. The zero-order valence-corrected chi connectivity index (χ0v) is 12.2. The summed E-state index contributed by atoms with van der Waals surface area (Å²) in [4.78, 5) is 23.7. The van der Waals surface area contributed by atoms with Gasteiger partial charge in [0.1, 0.15) is 0 Å². The first-order chi connectivity index (χ1) is 10.7. The molecule has 5 heteroatoms. The van der Waals surface area contributed by atoms with E-state index in [1.54, 1.807) is 0 Å². The molecule has 0 spiro atoms. The molecule has 0 saturated heterocycles. The smallest absolute Gasteiger partial charge is 0.246 e. The molecular weight excluding hydrogens is 278 g/mol. The lowest BCUT2D eigenvalue weighted by atomic mass is 10.2. The van der Waals surface area contributed by atoms with Gasteiger partial charge in [-0.15, -0.1) is 0 Å². The molecule has 2 aromatic rings.